The van der Waals surface area contributed by atoms with Crippen LogP contribution in [0.25, 0.3) is 0 Å². The number of aromatic nitrogens is 1. The molecule has 1 aromatic rings. The van der Waals surface area contributed by atoms with Crippen LogP contribution < -0.4 is 10.1 Å². The highest BCUT2D eigenvalue weighted by Gasteiger charge is 2.36. The third-order valence-corrected chi connectivity index (χ3v) is 3.10. The number of amides is 3. The van der Waals surface area contributed by atoms with E-state index in [1.165, 1.54) is 18.2 Å². The van der Waals surface area contributed by atoms with Crippen molar-refractivity contribution in [1.29, 1.82) is 0 Å². The first-order valence-electron chi connectivity index (χ1n) is 6.22. The van der Waals surface area contributed by atoms with Crippen molar-refractivity contribution < 1.29 is 19.1 Å². The van der Waals surface area contributed by atoms with Crippen molar-refractivity contribution in [2.75, 3.05) is 13.7 Å². The normalized spacial score (nSPS) is 18.7. The first-order valence-corrected chi connectivity index (χ1v) is 6.22. The van der Waals surface area contributed by atoms with Gasteiger partial charge in [-0.2, -0.15) is 0 Å². The summed E-state index contributed by atoms with van der Waals surface area (Å²) in [5.74, 6) is -1.22. The Morgan fingerprint density at radius 1 is 1.55 bits per heavy atom. The molecule has 1 aliphatic heterocycles. The predicted octanol–water partition coefficient (Wildman–Crippen LogP) is -0.0326. The Bertz CT molecular complexity index is 558. The SMILES string of the molecule is CCC1C(=O)NC(=O)CN1C(=O)c1cccnc1OC. The number of methoxy groups -OCH3 is 1. The van der Waals surface area contributed by atoms with Crippen molar-refractivity contribution in [3.8, 4) is 5.88 Å². The molecule has 0 saturated carbocycles. The summed E-state index contributed by atoms with van der Waals surface area (Å²) in [6.07, 6.45) is 1.93. The van der Waals surface area contributed by atoms with Gasteiger partial charge in [0.2, 0.25) is 17.7 Å². The zero-order chi connectivity index (χ0) is 14.7. The van der Waals surface area contributed by atoms with Gasteiger partial charge in [-0.25, -0.2) is 4.98 Å². The summed E-state index contributed by atoms with van der Waals surface area (Å²) in [6, 6.07) is 2.49. The van der Waals surface area contributed by atoms with Gasteiger partial charge in [0, 0.05) is 6.20 Å². The average molecular weight is 277 g/mol. The summed E-state index contributed by atoms with van der Waals surface area (Å²) in [4.78, 5) is 40.9. The average Bonchev–Trinajstić information content (AvgIpc) is 2.45. The lowest BCUT2D eigenvalue weighted by Gasteiger charge is -2.33. The maximum atomic E-state index is 12.5. The topological polar surface area (TPSA) is 88.6 Å². The van der Waals surface area contributed by atoms with Crippen molar-refractivity contribution in [2.24, 2.45) is 0 Å². The van der Waals surface area contributed by atoms with Crippen LogP contribution in [0.1, 0.15) is 23.7 Å². The number of carbonyl (C=O) groups excluding carboxylic acids is 3. The third kappa shape index (κ3) is 2.47. The van der Waals surface area contributed by atoms with E-state index in [1.54, 1.807) is 19.1 Å². The van der Waals surface area contributed by atoms with Crippen molar-refractivity contribution in [2.45, 2.75) is 19.4 Å². The maximum absolute atomic E-state index is 12.5. The number of hydrogen-bond acceptors (Lipinski definition) is 5. The van der Waals surface area contributed by atoms with Crippen LogP contribution in [0.15, 0.2) is 18.3 Å². The highest BCUT2D eigenvalue weighted by molar-refractivity contribution is 6.07. The fraction of sp³-hybridized carbons (Fsp3) is 0.385. The number of nitrogens with one attached hydrogen (secondary N) is 1. The Balaban J connectivity index is 2.35. The Morgan fingerprint density at radius 3 is 2.95 bits per heavy atom. The number of pyridine rings is 1. The van der Waals surface area contributed by atoms with Crippen LogP contribution in [0.5, 0.6) is 5.88 Å². The largest absolute Gasteiger partial charge is 0.480 e. The van der Waals surface area contributed by atoms with E-state index >= 15 is 0 Å². The Kier molecular flexibility index (Phi) is 3.97. The predicted molar refractivity (Wildman–Crippen MR) is 69.1 cm³/mol. The molecular formula is C13H15N3O4. The van der Waals surface area contributed by atoms with Crippen molar-refractivity contribution in [3.63, 3.8) is 0 Å². The molecule has 0 spiro atoms. The van der Waals surface area contributed by atoms with Gasteiger partial charge in [0.15, 0.2) is 0 Å². The number of carbonyl (C=O) groups is 3. The number of imide groups is 1. The second-order valence-corrected chi connectivity index (χ2v) is 4.33. The van der Waals surface area contributed by atoms with Crippen molar-refractivity contribution >= 4 is 17.7 Å². The molecule has 2 heterocycles. The Morgan fingerprint density at radius 2 is 2.30 bits per heavy atom. The lowest BCUT2D eigenvalue weighted by molar-refractivity contribution is -0.138. The smallest absolute Gasteiger partial charge is 0.260 e. The van der Waals surface area contributed by atoms with E-state index in [-0.39, 0.29) is 18.0 Å². The molecule has 0 radical (unpaired) electrons. The zero-order valence-electron chi connectivity index (χ0n) is 11.3. The lowest BCUT2D eigenvalue weighted by atomic mass is 10.1. The monoisotopic (exact) mass is 277 g/mol. The molecule has 20 heavy (non-hydrogen) atoms. The third-order valence-electron chi connectivity index (χ3n) is 3.10. The van der Waals surface area contributed by atoms with Gasteiger partial charge in [-0.15, -0.1) is 0 Å². The second-order valence-electron chi connectivity index (χ2n) is 4.33. The van der Waals surface area contributed by atoms with Gasteiger partial charge in [-0.05, 0) is 18.6 Å². The molecule has 106 valence electrons. The van der Waals surface area contributed by atoms with Crippen LogP contribution in [-0.2, 0) is 9.59 Å². The number of rotatable bonds is 3. The molecule has 0 aliphatic carbocycles. The first-order chi connectivity index (χ1) is 9.58. The van der Waals surface area contributed by atoms with E-state index in [0.717, 1.165) is 0 Å². The van der Waals surface area contributed by atoms with Gasteiger partial charge >= 0.3 is 0 Å². The Labute approximate surface area is 115 Å². The van der Waals surface area contributed by atoms with E-state index in [4.69, 9.17) is 4.74 Å². The fourth-order valence-corrected chi connectivity index (χ4v) is 2.16. The molecule has 1 fully saturated rings. The van der Waals surface area contributed by atoms with Crippen molar-refractivity contribution in [1.82, 2.24) is 15.2 Å². The minimum absolute atomic E-state index is 0.152. The molecule has 1 saturated heterocycles. The molecule has 1 aromatic heterocycles. The molecule has 7 nitrogen and oxygen atoms in total. The standard InChI is InChI=1S/C13H15N3O4/c1-3-9-11(18)15-10(17)7-16(9)13(19)8-5-4-6-14-12(8)20-2/h4-6,9H,3,7H2,1-2H3,(H,15,17,18). The molecule has 0 bridgehead atoms. The van der Waals surface area contributed by atoms with Crippen LogP contribution in [0.3, 0.4) is 0 Å². The van der Waals surface area contributed by atoms with Gasteiger partial charge in [-0.3, -0.25) is 19.7 Å². The van der Waals surface area contributed by atoms with E-state index in [0.29, 0.717) is 6.42 Å². The van der Waals surface area contributed by atoms with Gasteiger partial charge < -0.3 is 9.64 Å². The van der Waals surface area contributed by atoms with Crippen molar-refractivity contribution in [3.05, 3.63) is 23.9 Å². The van der Waals surface area contributed by atoms with Gasteiger partial charge in [0.1, 0.15) is 18.2 Å². The quantitative estimate of drug-likeness (QED) is 0.784. The van der Waals surface area contributed by atoms with Gasteiger partial charge in [0.25, 0.3) is 5.91 Å². The number of ether oxygens (including phenoxy) is 1. The molecule has 1 unspecified atom stereocenters. The summed E-state index contributed by atoms with van der Waals surface area (Å²) in [5.41, 5.74) is 0.232. The van der Waals surface area contributed by atoms with Crippen LogP contribution >= 0.6 is 0 Å². The zero-order valence-corrected chi connectivity index (χ0v) is 11.3. The minimum atomic E-state index is -0.662. The molecule has 2 rings (SSSR count). The summed E-state index contributed by atoms with van der Waals surface area (Å²) in [7, 11) is 1.41. The number of hydrogen-bond donors (Lipinski definition) is 1. The highest BCUT2D eigenvalue weighted by atomic mass is 16.5. The summed E-state index contributed by atoms with van der Waals surface area (Å²) in [6.45, 7) is 1.63. The number of piperazine rings is 1. The Hall–Kier alpha value is -2.44. The van der Waals surface area contributed by atoms with E-state index in [1.807, 2.05) is 0 Å². The fourth-order valence-electron chi connectivity index (χ4n) is 2.16. The van der Waals surface area contributed by atoms with E-state index < -0.39 is 23.8 Å². The van der Waals surface area contributed by atoms with E-state index in [9.17, 15) is 14.4 Å². The minimum Gasteiger partial charge on any atom is -0.480 e. The molecule has 1 aliphatic rings. The summed E-state index contributed by atoms with van der Waals surface area (Å²) in [5, 5.41) is 2.23. The van der Waals surface area contributed by atoms with Crippen LogP contribution in [0.4, 0.5) is 0 Å². The second kappa shape index (κ2) is 5.68. The first kappa shape index (κ1) is 14.0. The maximum Gasteiger partial charge on any atom is 0.260 e. The van der Waals surface area contributed by atoms with Crippen LogP contribution in [0, 0.1) is 0 Å². The molecular weight excluding hydrogens is 262 g/mol. The molecule has 1 atom stereocenters. The number of nitrogens with zero attached hydrogens (tertiary/aromatic N) is 2. The molecule has 1 N–H and O–H groups in total. The van der Waals surface area contributed by atoms with Gasteiger partial charge in [-0.1, -0.05) is 6.92 Å². The summed E-state index contributed by atoms with van der Waals surface area (Å²) >= 11 is 0. The summed E-state index contributed by atoms with van der Waals surface area (Å²) < 4.78 is 5.04. The lowest BCUT2D eigenvalue weighted by Crippen LogP contribution is -2.59. The highest BCUT2D eigenvalue weighted by Crippen LogP contribution is 2.19. The molecule has 7 heteroatoms. The van der Waals surface area contributed by atoms with E-state index in [2.05, 4.69) is 10.3 Å². The molecule has 3 amide bonds. The molecule has 0 aromatic carbocycles. The van der Waals surface area contributed by atoms with Crippen LogP contribution in [-0.4, -0.2) is 47.3 Å². The van der Waals surface area contributed by atoms with Crippen LogP contribution in [0.2, 0.25) is 0 Å². The van der Waals surface area contributed by atoms with Gasteiger partial charge in [0.05, 0.1) is 7.11 Å².